The molecule has 6 nitrogen and oxygen atoms in total. The molecule has 1 aliphatic carbocycles. The normalized spacial score (nSPS) is 17.9. The van der Waals surface area contributed by atoms with Crippen molar-refractivity contribution in [1.29, 1.82) is 0 Å². The van der Waals surface area contributed by atoms with Gasteiger partial charge in [0.25, 0.3) is 5.91 Å². The lowest BCUT2D eigenvalue weighted by atomic mass is 10.1. The van der Waals surface area contributed by atoms with Gasteiger partial charge in [-0.15, -0.1) is 5.10 Å². The van der Waals surface area contributed by atoms with Crippen LogP contribution >= 0.6 is 0 Å². The van der Waals surface area contributed by atoms with Crippen molar-refractivity contribution in [2.75, 3.05) is 19.7 Å². The minimum atomic E-state index is 0.0211. The van der Waals surface area contributed by atoms with Crippen LogP contribution in [0, 0.1) is 0 Å². The molecule has 0 bridgehead atoms. The first kappa shape index (κ1) is 14.2. The minimum Gasteiger partial charge on any atom is -0.493 e. The van der Waals surface area contributed by atoms with E-state index in [-0.39, 0.29) is 11.9 Å². The maximum atomic E-state index is 12.6. The Morgan fingerprint density at radius 3 is 2.83 bits per heavy atom. The van der Waals surface area contributed by atoms with Crippen LogP contribution in [0.4, 0.5) is 0 Å². The van der Waals surface area contributed by atoms with Crippen LogP contribution in [0.3, 0.4) is 0 Å². The van der Waals surface area contributed by atoms with Gasteiger partial charge >= 0.3 is 0 Å². The molecule has 0 spiro atoms. The number of hydrogen-bond acceptors (Lipinski definition) is 4. The second-order valence-electron chi connectivity index (χ2n) is 6.19. The Morgan fingerprint density at radius 1 is 1.30 bits per heavy atom. The summed E-state index contributed by atoms with van der Waals surface area (Å²) < 4.78 is 7.46. The van der Waals surface area contributed by atoms with Gasteiger partial charge in [-0.2, -0.15) is 0 Å². The van der Waals surface area contributed by atoms with Gasteiger partial charge in [-0.1, -0.05) is 17.3 Å². The molecule has 1 amide bonds. The van der Waals surface area contributed by atoms with E-state index in [2.05, 4.69) is 10.3 Å². The zero-order chi connectivity index (χ0) is 15.8. The van der Waals surface area contributed by atoms with E-state index >= 15 is 0 Å². The van der Waals surface area contributed by atoms with Gasteiger partial charge in [0.2, 0.25) is 0 Å². The fraction of sp³-hybridized carbons (Fsp3) is 0.471. The van der Waals surface area contributed by atoms with Crippen LogP contribution < -0.4 is 4.74 Å². The highest BCUT2D eigenvalue weighted by Gasteiger charge is 2.35. The highest BCUT2D eigenvalue weighted by molar-refractivity contribution is 5.97. The summed E-state index contributed by atoms with van der Waals surface area (Å²) in [5.74, 6) is 1.28. The van der Waals surface area contributed by atoms with E-state index in [0.29, 0.717) is 36.9 Å². The van der Waals surface area contributed by atoms with Crippen molar-refractivity contribution in [3.8, 4) is 5.75 Å². The first-order valence-electron chi connectivity index (χ1n) is 8.19. The van der Waals surface area contributed by atoms with Gasteiger partial charge in [-0.25, -0.2) is 4.68 Å². The third-order valence-corrected chi connectivity index (χ3v) is 4.46. The van der Waals surface area contributed by atoms with Gasteiger partial charge in [0.05, 0.1) is 23.9 Å². The molecule has 2 fully saturated rings. The van der Waals surface area contributed by atoms with E-state index in [0.717, 1.165) is 5.69 Å². The van der Waals surface area contributed by atoms with E-state index in [1.165, 1.54) is 12.8 Å². The van der Waals surface area contributed by atoms with Crippen LogP contribution in [-0.2, 0) is 0 Å². The summed E-state index contributed by atoms with van der Waals surface area (Å²) in [6.45, 7) is 3.82. The number of rotatable bonds is 5. The number of benzene rings is 1. The largest absolute Gasteiger partial charge is 0.493 e. The smallest absolute Gasteiger partial charge is 0.257 e. The molecular formula is C17H20N4O2. The van der Waals surface area contributed by atoms with Crippen molar-refractivity contribution in [3.05, 3.63) is 41.7 Å². The first-order valence-corrected chi connectivity index (χ1v) is 8.19. The second-order valence-corrected chi connectivity index (χ2v) is 6.19. The van der Waals surface area contributed by atoms with Crippen LogP contribution in [0.15, 0.2) is 30.5 Å². The molecule has 2 heterocycles. The molecule has 120 valence electrons. The SMILES string of the molecule is CCOc1ccccc1C(=O)N1CC(n2cc(C3CC3)nn2)C1. The number of para-hydroxylation sites is 1. The van der Waals surface area contributed by atoms with Crippen molar-refractivity contribution < 1.29 is 9.53 Å². The lowest BCUT2D eigenvalue weighted by Gasteiger charge is -2.39. The van der Waals surface area contributed by atoms with Gasteiger partial charge in [0.15, 0.2) is 0 Å². The number of ether oxygens (including phenoxy) is 1. The molecule has 1 aromatic heterocycles. The summed E-state index contributed by atoms with van der Waals surface area (Å²) in [4.78, 5) is 14.5. The summed E-state index contributed by atoms with van der Waals surface area (Å²) in [6.07, 6.45) is 4.49. The van der Waals surface area contributed by atoms with Gasteiger partial charge in [-0.3, -0.25) is 4.79 Å². The number of carbonyl (C=O) groups excluding carboxylic acids is 1. The van der Waals surface area contributed by atoms with Crippen molar-refractivity contribution in [2.45, 2.75) is 31.7 Å². The molecular weight excluding hydrogens is 292 g/mol. The van der Waals surface area contributed by atoms with Crippen LogP contribution in [0.1, 0.15) is 47.8 Å². The van der Waals surface area contributed by atoms with E-state index in [1.54, 1.807) is 0 Å². The fourth-order valence-corrected chi connectivity index (χ4v) is 2.92. The fourth-order valence-electron chi connectivity index (χ4n) is 2.92. The third-order valence-electron chi connectivity index (χ3n) is 4.46. The zero-order valence-corrected chi connectivity index (χ0v) is 13.2. The first-order chi connectivity index (χ1) is 11.3. The summed E-state index contributed by atoms with van der Waals surface area (Å²) >= 11 is 0. The Morgan fingerprint density at radius 2 is 2.09 bits per heavy atom. The van der Waals surface area contributed by atoms with Gasteiger partial charge < -0.3 is 9.64 Å². The lowest BCUT2D eigenvalue weighted by molar-refractivity contribution is 0.0494. The Balaban J connectivity index is 1.41. The number of amides is 1. The molecule has 2 aliphatic rings. The van der Waals surface area contributed by atoms with E-state index < -0.39 is 0 Å². The minimum absolute atomic E-state index is 0.0211. The molecule has 23 heavy (non-hydrogen) atoms. The van der Waals surface area contributed by atoms with Crippen molar-refractivity contribution in [2.24, 2.45) is 0 Å². The highest BCUT2D eigenvalue weighted by Crippen LogP contribution is 2.39. The number of aromatic nitrogens is 3. The number of carbonyl (C=O) groups is 1. The van der Waals surface area contributed by atoms with Crippen molar-refractivity contribution >= 4 is 5.91 Å². The molecule has 1 aromatic carbocycles. The van der Waals surface area contributed by atoms with Crippen molar-refractivity contribution in [1.82, 2.24) is 19.9 Å². The molecule has 0 radical (unpaired) electrons. The zero-order valence-electron chi connectivity index (χ0n) is 13.2. The lowest BCUT2D eigenvalue weighted by Crippen LogP contribution is -2.51. The molecule has 0 N–H and O–H groups in total. The van der Waals surface area contributed by atoms with Crippen molar-refractivity contribution in [3.63, 3.8) is 0 Å². The number of hydrogen-bond donors (Lipinski definition) is 0. The van der Waals surface area contributed by atoms with Crippen LogP contribution in [0.25, 0.3) is 0 Å². The van der Waals surface area contributed by atoms with Gasteiger partial charge in [-0.05, 0) is 31.9 Å². The maximum absolute atomic E-state index is 12.6. The quantitative estimate of drug-likeness (QED) is 0.849. The average Bonchev–Trinajstić information content (AvgIpc) is 3.26. The Kier molecular flexibility index (Phi) is 3.52. The van der Waals surface area contributed by atoms with E-state index in [9.17, 15) is 4.79 Å². The number of nitrogens with zero attached hydrogens (tertiary/aromatic N) is 4. The molecule has 0 atom stereocenters. The van der Waals surface area contributed by atoms with Crippen LogP contribution in [-0.4, -0.2) is 45.5 Å². The maximum Gasteiger partial charge on any atom is 0.257 e. The Hall–Kier alpha value is -2.37. The Labute approximate surface area is 135 Å². The van der Waals surface area contributed by atoms with E-state index in [1.807, 2.05) is 47.0 Å². The summed E-state index contributed by atoms with van der Waals surface area (Å²) in [5.41, 5.74) is 1.72. The summed E-state index contributed by atoms with van der Waals surface area (Å²) in [5, 5.41) is 8.45. The highest BCUT2D eigenvalue weighted by atomic mass is 16.5. The predicted molar refractivity (Wildman–Crippen MR) is 84.5 cm³/mol. The molecule has 4 rings (SSSR count). The predicted octanol–water partition coefficient (Wildman–Crippen LogP) is 2.25. The van der Waals surface area contributed by atoms with Gasteiger partial charge in [0.1, 0.15) is 5.75 Å². The summed E-state index contributed by atoms with van der Waals surface area (Å²) in [6, 6.07) is 7.65. The third kappa shape index (κ3) is 2.69. The molecule has 6 heteroatoms. The molecule has 0 unspecified atom stereocenters. The van der Waals surface area contributed by atoms with Gasteiger partial charge in [0, 0.05) is 25.2 Å². The molecule has 1 saturated heterocycles. The second kappa shape index (κ2) is 5.68. The standard InChI is InChI=1S/C17H20N4O2/c1-2-23-16-6-4-3-5-14(16)17(22)20-9-13(10-20)21-11-15(18-19-21)12-7-8-12/h3-6,11-13H,2,7-10H2,1H3. The molecule has 1 aliphatic heterocycles. The number of likely N-dealkylation sites (tertiary alicyclic amines) is 1. The molecule has 1 saturated carbocycles. The average molecular weight is 312 g/mol. The topological polar surface area (TPSA) is 60.2 Å². The summed E-state index contributed by atoms with van der Waals surface area (Å²) in [7, 11) is 0. The molecule has 2 aromatic rings. The Bertz CT molecular complexity index is 717. The van der Waals surface area contributed by atoms with Crippen LogP contribution in [0.5, 0.6) is 5.75 Å². The van der Waals surface area contributed by atoms with Crippen LogP contribution in [0.2, 0.25) is 0 Å². The monoisotopic (exact) mass is 312 g/mol. The van der Waals surface area contributed by atoms with E-state index in [4.69, 9.17) is 4.74 Å².